The molecule has 2 aromatic rings. The predicted molar refractivity (Wildman–Crippen MR) is 104 cm³/mol. The predicted octanol–water partition coefficient (Wildman–Crippen LogP) is 1.89. The van der Waals surface area contributed by atoms with Gasteiger partial charge in [-0.2, -0.15) is 0 Å². The van der Waals surface area contributed by atoms with Crippen LogP contribution in [0.3, 0.4) is 0 Å². The summed E-state index contributed by atoms with van der Waals surface area (Å²) in [4.78, 5) is 28.0. The molecule has 0 aromatic heterocycles. The third-order valence-electron chi connectivity index (χ3n) is 4.50. The summed E-state index contributed by atoms with van der Waals surface area (Å²) >= 11 is 0. The summed E-state index contributed by atoms with van der Waals surface area (Å²) < 4.78 is 13.3. The first-order valence-corrected chi connectivity index (χ1v) is 9.17. The monoisotopic (exact) mass is 372 g/mol. The van der Waals surface area contributed by atoms with E-state index in [1.807, 2.05) is 51.2 Å². The number of halogens is 1. The lowest BCUT2D eigenvalue weighted by molar-refractivity contribution is -0.894. The molecule has 27 heavy (non-hydrogen) atoms. The first-order valence-electron chi connectivity index (χ1n) is 9.17. The Morgan fingerprint density at radius 2 is 1.74 bits per heavy atom. The molecule has 0 bridgehead atoms. The van der Waals surface area contributed by atoms with Crippen LogP contribution in [0.1, 0.15) is 25.5 Å². The second-order valence-corrected chi connectivity index (χ2v) is 6.44. The van der Waals surface area contributed by atoms with Gasteiger partial charge in [0.2, 0.25) is 0 Å². The molecule has 2 amide bonds. The fourth-order valence-corrected chi connectivity index (χ4v) is 3.13. The number of quaternary nitrogens is 1. The fraction of sp³-hybridized carbons (Fsp3) is 0.333. The van der Waals surface area contributed by atoms with Crippen LogP contribution in [0.4, 0.5) is 10.1 Å². The number of nitrogens with zero attached hydrogens (tertiary/aromatic N) is 1. The zero-order valence-corrected chi connectivity index (χ0v) is 16.0. The van der Waals surface area contributed by atoms with Gasteiger partial charge in [-0.25, -0.2) is 4.39 Å². The Labute approximate surface area is 159 Å². The number of hydrogen-bond acceptors (Lipinski definition) is 2. The van der Waals surface area contributed by atoms with Crippen molar-refractivity contribution in [2.24, 2.45) is 0 Å². The molecule has 0 fully saturated rings. The van der Waals surface area contributed by atoms with Gasteiger partial charge >= 0.3 is 0 Å². The molecule has 1 unspecified atom stereocenters. The number of nitrogens with one attached hydrogen (secondary N) is 2. The first-order chi connectivity index (χ1) is 13.0. The number of carbonyl (C=O) groups excluding carboxylic acids is 2. The first kappa shape index (κ1) is 20.6. The van der Waals surface area contributed by atoms with E-state index < -0.39 is 11.9 Å². The highest BCUT2D eigenvalue weighted by molar-refractivity contribution is 5.91. The van der Waals surface area contributed by atoms with Crippen LogP contribution in [0.15, 0.2) is 54.6 Å². The minimum atomic E-state index is -0.482. The molecule has 2 rings (SSSR count). The van der Waals surface area contributed by atoms with Crippen LogP contribution in [-0.2, 0) is 9.59 Å². The van der Waals surface area contributed by atoms with E-state index in [0.29, 0.717) is 18.8 Å². The molecule has 6 heteroatoms. The molecule has 0 aliphatic carbocycles. The highest BCUT2D eigenvalue weighted by atomic mass is 19.1. The van der Waals surface area contributed by atoms with Gasteiger partial charge < -0.3 is 15.1 Å². The maximum Gasteiger partial charge on any atom is 0.285 e. The van der Waals surface area contributed by atoms with Crippen LogP contribution in [0, 0.1) is 5.82 Å². The van der Waals surface area contributed by atoms with Crippen LogP contribution < -0.4 is 10.2 Å². The zero-order chi connectivity index (χ0) is 19.8. The number of hydrogen-bond donors (Lipinski definition) is 2. The molecule has 0 aliphatic heterocycles. The second-order valence-electron chi connectivity index (χ2n) is 6.44. The van der Waals surface area contributed by atoms with E-state index in [0.717, 1.165) is 10.5 Å². The van der Waals surface area contributed by atoms with Crippen molar-refractivity contribution in [3.8, 4) is 0 Å². The number of amides is 2. The number of rotatable bonds is 8. The average molecular weight is 372 g/mol. The van der Waals surface area contributed by atoms with Crippen LogP contribution in [-0.4, -0.2) is 43.4 Å². The van der Waals surface area contributed by atoms with E-state index in [4.69, 9.17) is 0 Å². The Kier molecular flexibility index (Phi) is 7.49. The maximum absolute atomic E-state index is 13.3. The maximum atomic E-state index is 13.3. The van der Waals surface area contributed by atoms with Crippen molar-refractivity contribution in [3.05, 3.63) is 66.0 Å². The molecule has 0 heterocycles. The van der Waals surface area contributed by atoms with E-state index in [2.05, 4.69) is 5.32 Å². The smallest absolute Gasteiger partial charge is 0.285 e. The molecule has 0 radical (unpaired) electrons. The van der Waals surface area contributed by atoms with Crippen molar-refractivity contribution in [2.45, 2.75) is 19.9 Å². The lowest BCUT2D eigenvalue weighted by Crippen LogP contribution is -3.11. The summed E-state index contributed by atoms with van der Waals surface area (Å²) in [5.74, 6) is -0.694. The molecular weight excluding hydrogens is 345 g/mol. The van der Waals surface area contributed by atoms with Crippen LogP contribution >= 0.6 is 0 Å². The van der Waals surface area contributed by atoms with Crippen molar-refractivity contribution in [1.82, 2.24) is 4.90 Å². The SMILES string of the molecule is CCN(CC)C(=O)[C@@H](c1ccccc1)[NH+](C)CC(=O)Nc1cccc(F)c1. The van der Waals surface area contributed by atoms with E-state index in [9.17, 15) is 14.0 Å². The Hall–Kier alpha value is -2.73. The molecule has 0 aliphatic rings. The van der Waals surface area contributed by atoms with Crippen LogP contribution in [0.2, 0.25) is 0 Å². The Balaban J connectivity index is 2.16. The molecule has 0 spiro atoms. The van der Waals surface area contributed by atoms with Crippen molar-refractivity contribution in [2.75, 3.05) is 32.0 Å². The van der Waals surface area contributed by atoms with E-state index in [-0.39, 0.29) is 18.4 Å². The lowest BCUT2D eigenvalue weighted by atomic mass is 10.0. The van der Waals surface area contributed by atoms with Crippen molar-refractivity contribution < 1.29 is 18.9 Å². The van der Waals surface area contributed by atoms with Crippen LogP contribution in [0.5, 0.6) is 0 Å². The van der Waals surface area contributed by atoms with Crippen molar-refractivity contribution in [1.29, 1.82) is 0 Å². The van der Waals surface area contributed by atoms with Gasteiger partial charge in [0, 0.05) is 24.3 Å². The highest BCUT2D eigenvalue weighted by Crippen LogP contribution is 2.13. The quantitative estimate of drug-likeness (QED) is 0.744. The molecule has 144 valence electrons. The van der Waals surface area contributed by atoms with Gasteiger partial charge in [-0.1, -0.05) is 36.4 Å². The highest BCUT2D eigenvalue weighted by Gasteiger charge is 2.33. The third-order valence-corrected chi connectivity index (χ3v) is 4.50. The Bertz CT molecular complexity index is 763. The minimum absolute atomic E-state index is 0.0118. The number of anilines is 1. The van der Waals surface area contributed by atoms with Crippen molar-refractivity contribution in [3.63, 3.8) is 0 Å². The van der Waals surface area contributed by atoms with Gasteiger partial charge in [-0.05, 0) is 32.0 Å². The summed E-state index contributed by atoms with van der Waals surface area (Å²) in [6.07, 6.45) is 0. The average Bonchev–Trinajstić information content (AvgIpc) is 2.63. The second kappa shape index (κ2) is 9.83. The number of benzene rings is 2. The largest absolute Gasteiger partial charge is 0.338 e. The topological polar surface area (TPSA) is 53.9 Å². The zero-order valence-electron chi connectivity index (χ0n) is 16.0. The Morgan fingerprint density at radius 1 is 1.07 bits per heavy atom. The normalized spacial score (nSPS) is 12.9. The van der Waals surface area contributed by atoms with Gasteiger partial charge in [-0.15, -0.1) is 0 Å². The van der Waals surface area contributed by atoms with Gasteiger partial charge in [0.25, 0.3) is 11.8 Å². The van der Waals surface area contributed by atoms with Gasteiger partial charge in [0.05, 0.1) is 7.05 Å². The summed E-state index contributed by atoms with van der Waals surface area (Å²) in [5.41, 5.74) is 1.27. The van der Waals surface area contributed by atoms with Gasteiger partial charge in [-0.3, -0.25) is 9.59 Å². The van der Waals surface area contributed by atoms with E-state index >= 15 is 0 Å². The summed E-state index contributed by atoms with van der Waals surface area (Å²) in [6, 6.07) is 14.8. The summed E-state index contributed by atoms with van der Waals surface area (Å²) in [5, 5.41) is 2.69. The minimum Gasteiger partial charge on any atom is -0.338 e. The number of likely N-dealkylation sites (N-methyl/N-ethyl adjacent to an activating group) is 2. The standard InChI is InChI=1S/C21H26FN3O2/c1-4-25(5-2)21(27)20(16-10-7-6-8-11-16)24(3)15-19(26)23-18-13-9-12-17(22)14-18/h6-14,20H,4-5,15H2,1-3H3,(H,23,26)/p+1/t20-/m1/s1. The van der Waals surface area contributed by atoms with Crippen LogP contribution in [0.25, 0.3) is 0 Å². The molecule has 0 saturated heterocycles. The molecule has 2 atom stereocenters. The van der Waals surface area contributed by atoms with Gasteiger partial charge in [0.15, 0.2) is 12.6 Å². The summed E-state index contributed by atoms with van der Waals surface area (Å²) in [7, 11) is 1.82. The fourth-order valence-electron chi connectivity index (χ4n) is 3.13. The lowest BCUT2D eigenvalue weighted by Gasteiger charge is -2.29. The molecule has 0 saturated carbocycles. The Morgan fingerprint density at radius 3 is 2.33 bits per heavy atom. The molecule has 2 N–H and O–H groups in total. The number of carbonyl (C=O) groups is 2. The van der Waals surface area contributed by atoms with E-state index in [1.54, 1.807) is 11.0 Å². The van der Waals surface area contributed by atoms with Gasteiger partial charge in [0.1, 0.15) is 5.82 Å². The van der Waals surface area contributed by atoms with E-state index in [1.165, 1.54) is 18.2 Å². The third kappa shape index (κ3) is 5.62. The summed E-state index contributed by atoms with van der Waals surface area (Å²) in [6.45, 7) is 5.19. The molecule has 2 aromatic carbocycles. The van der Waals surface area contributed by atoms with Crippen molar-refractivity contribution >= 4 is 17.5 Å². The molecule has 5 nitrogen and oxygen atoms in total. The molecular formula is C21H27FN3O2+.